The number of nitrogens with zero attached hydrogens (tertiary/aromatic N) is 2. The van der Waals surface area contributed by atoms with Crippen molar-refractivity contribution in [3.8, 4) is 0 Å². The monoisotopic (exact) mass is 426 g/mol. The van der Waals surface area contributed by atoms with Gasteiger partial charge in [0.1, 0.15) is 0 Å². The van der Waals surface area contributed by atoms with Crippen molar-refractivity contribution < 1.29 is 0 Å². The van der Waals surface area contributed by atoms with Crippen LogP contribution in [0.15, 0.2) is 56.5 Å². The largest absolute Gasteiger partial charge is 0.294 e. The molecule has 0 atom stereocenters. The molecule has 106 valence electrons. The van der Waals surface area contributed by atoms with E-state index in [0.717, 1.165) is 14.5 Å². The number of halogens is 3. The highest BCUT2D eigenvalue weighted by Crippen LogP contribution is 2.22. The highest BCUT2D eigenvalue weighted by molar-refractivity contribution is 9.10. The smallest absolute Gasteiger partial charge is 0.261 e. The maximum atomic E-state index is 12.5. The first-order chi connectivity index (χ1) is 10.0. The maximum absolute atomic E-state index is 12.5. The predicted octanol–water partition coefficient (Wildman–Crippen LogP) is 4.62. The summed E-state index contributed by atoms with van der Waals surface area (Å²) in [5.41, 5.74) is 1.47. The van der Waals surface area contributed by atoms with E-state index >= 15 is 0 Å². The molecule has 0 aliphatic heterocycles. The van der Waals surface area contributed by atoms with Crippen molar-refractivity contribution >= 4 is 54.4 Å². The van der Waals surface area contributed by atoms with Crippen LogP contribution >= 0.6 is 43.5 Å². The van der Waals surface area contributed by atoms with Crippen LogP contribution in [0, 0.1) is 0 Å². The normalized spacial score (nSPS) is 11.0. The average molecular weight is 429 g/mol. The van der Waals surface area contributed by atoms with Gasteiger partial charge in [0, 0.05) is 14.0 Å². The molecule has 0 spiro atoms. The van der Waals surface area contributed by atoms with Crippen LogP contribution in [0.5, 0.6) is 0 Å². The van der Waals surface area contributed by atoms with Gasteiger partial charge in [-0.3, -0.25) is 9.36 Å². The summed E-state index contributed by atoms with van der Waals surface area (Å²) in [7, 11) is 0. The average Bonchev–Trinajstić information content (AvgIpc) is 2.44. The molecule has 3 rings (SSSR count). The maximum Gasteiger partial charge on any atom is 0.261 e. The first-order valence-electron chi connectivity index (χ1n) is 6.13. The van der Waals surface area contributed by atoms with E-state index in [-0.39, 0.29) is 5.56 Å². The third-order valence-corrected chi connectivity index (χ3v) is 4.48. The molecule has 3 aromatic rings. The zero-order chi connectivity index (χ0) is 15.0. The van der Waals surface area contributed by atoms with Gasteiger partial charge in [-0.1, -0.05) is 49.5 Å². The minimum absolute atomic E-state index is 0.0773. The van der Waals surface area contributed by atoms with Gasteiger partial charge in [-0.25, -0.2) is 4.98 Å². The predicted molar refractivity (Wildman–Crippen MR) is 92.0 cm³/mol. The number of rotatable bonds is 2. The van der Waals surface area contributed by atoms with Gasteiger partial charge < -0.3 is 0 Å². The molecular weight excluding hydrogens is 419 g/mol. The Hall–Kier alpha value is -1.17. The van der Waals surface area contributed by atoms with Gasteiger partial charge in [0.05, 0.1) is 23.8 Å². The molecule has 3 nitrogen and oxygen atoms in total. The molecule has 1 heterocycles. The molecule has 2 aromatic carbocycles. The Morgan fingerprint density at radius 3 is 2.57 bits per heavy atom. The lowest BCUT2D eigenvalue weighted by molar-refractivity contribution is 0.748. The fraction of sp³-hybridized carbons (Fsp3) is 0.0667. The van der Waals surface area contributed by atoms with E-state index in [1.165, 1.54) is 0 Å². The highest BCUT2D eigenvalue weighted by Gasteiger charge is 2.07. The van der Waals surface area contributed by atoms with E-state index in [9.17, 15) is 4.79 Å². The molecule has 6 heteroatoms. The molecule has 0 amide bonds. The van der Waals surface area contributed by atoms with Gasteiger partial charge in [0.2, 0.25) is 0 Å². The summed E-state index contributed by atoms with van der Waals surface area (Å²) in [6.45, 7) is 0.393. The van der Waals surface area contributed by atoms with Gasteiger partial charge in [-0.15, -0.1) is 0 Å². The van der Waals surface area contributed by atoms with Crippen molar-refractivity contribution in [3.63, 3.8) is 0 Å². The Bertz CT molecular complexity index is 892. The molecule has 0 saturated carbocycles. The Morgan fingerprint density at radius 1 is 1.10 bits per heavy atom. The highest BCUT2D eigenvalue weighted by atomic mass is 79.9. The van der Waals surface area contributed by atoms with Crippen LogP contribution < -0.4 is 5.56 Å². The second-order valence-electron chi connectivity index (χ2n) is 4.57. The number of hydrogen-bond acceptors (Lipinski definition) is 2. The van der Waals surface area contributed by atoms with Crippen molar-refractivity contribution in [3.05, 3.63) is 72.6 Å². The van der Waals surface area contributed by atoms with Crippen molar-refractivity contribution in [2.24, 2.45) is 0 Å². The third kappa shape index (κ3) is 3.05. The molecule has 0 saturated heterocycles. The molecule has 0 fully saturated rings. The Kier molecular flexibility index (Phi) is 4.15. The van der Waals surface area contributed by atoms with Gasteiger partial charge >= 0.3 is 0 Å². The molecule has 0 N–H and O–H groups in total. The molecule has 0 bridgehead atoms. The lowest BCUT2D eigenvalue weighted by Crippen LogP contribution is -2.21. The molecular formula is C15H9Br2ClN2O. The van der Waals surface area contributed by atoms with Gasteiger partial charge in [0.15, 0.2) is 0 Å². The summed E-state index contributed by atoms with van der Waals surface area (Å²) in [6, 6.07) is 11.0. The van der Waals surface area contributed by atoms with Crippen LogP contribution in [0.1, 0.15) is 5.56 Å². The summed E-state index contributed by atoms with van der Waals surface area (Å²) in [4.78, 5) is 16.8. The third-order valence-electron chi connectivity index (χ3n) is 3.14. The van der Waals surface area contributed by atoms with E-state index in [4.69, 9.17) is 11.6 Å². The summed E-state index contributed by atoms with van der Waals surface area (Å²) < 4.78 is 3.37. The number of fused-ring (bicyclic) bond motifs is 1. The van der Waals surface area contributed by atoms with Crippen molar-refractivity contribution in [2.45, 2.75) is 6.54 Å². The second-order valence-corrected chi connectivity index (χ2v) is 6.81. The molecule has 1 aromatic heterocycles. The van der Waals surface area contributed by atoms with Crippen LogP contribution in [0.2, 0.25) is 5.02 Å². The SMILES string of the molecule is O=c1c2ccc(Br)cc2ncn1Cc1ccc(Br)cc1Cl. The molecule has 0 aliphatic rings. The molecule has 0 aliphatic carbocycles. The van der Waals surface area contributed by atoms with Crippen LogP contribution in [-0.4, -0.2) is 9.55 Å². The minimum Gasteiger partial charge on any atom is -0.294 e. The summed E-state index contributed by atoms with van der Waals surface area (Å²) in [5, 5.41) is 1.21. The van der Waals surface area contributed by atoms with E-state index in [2.05, 4.69) is 36.8 Å². The van der Waals surface area contributed by atoms with Crippen LogP contribution in [-0.2, 0) is 6.54 Å². The fourth-order valence-corrected chi connectivity index (χ4v) is 3.16. The Balaban J connectivity index is 2.07. The lowest BCUT2D eigenvalue weighted by atomic mass is 10.2. The van der Waals surface area contributed by atoms with E-state index < -0.39 is 0 Å². The Morgan fingerprint density at radius 2 is 1.81 bits per heavy atom. The second kappa shape index (κ2) is 5.91. The quantitative estimate of drug-likeness (QED) is 0.597. The standard InChI is InChI=1S/C15H9Br2ClN2O/c16-10-2-1-9(13(18)5-10)7-20-8-19-14-6-11(17)3-4-12(14)15(20)21/h1-6,8H,7H2. The van der Waals surface area contributed by atoms with Crippen molar-refractivity contribution in [1.29, 1.82) is 0 Å². The van der Waals surface area contributed by atoms with Gasteiger partial charge in [-0.05, 0) is 35.9 Å². The Labute approximate surface area is 142 Å². The fourth-order valence-electron chi connectivity index (χ4n) is 2.08. The van der Waals surface area contributed by atoms with Gasteiger partial charge in [-0.2, -0.15) is 0 Å². The molecule has 21 heavy (non-hydrogen) atoms. The van der Waals surface area contributed by atoms with E-state index in [0.29, 0.717) is 22.5 Å². The van der Waals surface area contributed by atoms with Crippen LogP contribution in [0.25, 0.3) is 10.9 Å². The zero-order valence-corrected chi connectivity index (χ0v) is 14.6. The van der Waals surface area contributed by atoms with E-state index in [1.807, 2.05) is 30.3 Å². The lowest BCUT2D eigenvalue weighted by Gasteiger charge is -2.09. The van der Waals surface area contributed by atoms with Crippen LogP contribution in [0.4, 0.5) is 0 Å². The topological polar surface area (TPSA) is 34.9 Å². The van der Waals surface area contributed by atoms with Crippen molar-refractivity contribution in [1.82, 2.24) is 9.55 Å². The van der Waals surface area contributed by atoms with E-state index in [1.54, 1.807) is 17.0 Å². The minimum atomic E-state index is -0.0773. The first-order valence-corrected chi connectivity index (χ1v) is 8.09. The number of aromatic nitrogens is 2. The number of benzene rings is 2. The zero-order valence-electron chi connectivity index (χ0n) is 10.7. The summed E-state index contributed by atoms with van der Waals surface area (Å²) in [5.74, 6) is 0. The molecule has 0 unspecified atom stereocenters. The van der Waals surface area contributed by atoms with Crippen molar-refractivity contribution in [2.75, 3.05) is 0 Å². The summed E-state index contributed by atoms with van der Waals surface area (Å²) >= 11 is 12.9. The van der Waals surface area contributed by atoms with Gasteiger partial charge in [0.25, 0.3) is 5.56 Å². The van der Waals surface area contributed by atoms with Crippen LogP contribution in [0.3, 0.4) is 0 Å². The first kappa shape index (κ1) is 14.8. The summed E-state index contributed by atoms with van der Waals surface area (Å²) in [6.07, 6.45) is 1.55. The molecule has 0 radical (unpaired) electrons. The number of hydrogen-bond donors (Lipinski definition) is 0.